The molecule has 4 heteroatoms. The summed E-state index contributed by atoms with van der Waals surface area (Å²) < 4.78 is 5.33. The van der Waals surface area contributed by atoms with Crippen LogP contribution in [-0.2, 0) is 11.3 Å². The van der Waals surface area contributed by atoms with Gasteiger partial charge in [0.1, 0.15) is 5.60 Å². The summed E-state index contributed by atoms with van der Waals surface area (Å²) in [6, 6.07) is 10.6. The monoisotopic (exact) mass is 290 g/mol. The molecule has 1 aliphatic heterocycles. The Morgan fingerprint density at radius 3 is 2.57 bits per heavy atom. The number of carbonyl (C=O) groups is 1. The second-order valence-electron chi connectivity index (χ2n) is 6.91. The van der Waals surface area contributed by atoms with E-state index in [0.717, 1.165) is 19.6 Å². The van der Waals surface area contributed by atoms with Crippen LogP contribution in [0.15, 0.2) is 30.3 Å². The molecular weight excluding hydrogens is 264 g/mol. The topological polar surface area (TPSA) is 41.6 Å². The molecule has 0 spiro atoms. The van der Waals surface area contributed by atoms with E-state index in [1.165, 1.54) is 5.56 Å². The molecule has 1 aliphatic rings. The van der Waals surface area contributed by atoms with Gasteiger partial charge in [-0.25, -0.2) is 4.79 Å². The third-order valence-corrected chi connectivity index (χ3v) is 3.64. The van der Waals surface area contributed by atoms with Gasteiger partial charge in [0.15, 0.2) is 0 Å². The SMILES string of the molecule is C[C@H]1CN(Cc2ccccc2)C[C@H]1NC(=O)OC(C)(C)C. The molecule has 0 unspecified atom stereocenters. The number of nitrogens with zero attached hydrogens (tertiary/aromatic N) is 1. The lowest BCUT2D eigenvalue weighted by atomic mass is 10.1. The molecule has 1 saturated heterocycles. The highest BCUT2D eigenvalue weighted by molar-refractivity contribution is 5.68. The predicted octanol–water partition coefficient (Wildman–Crippen LogP) is 3.03. The maximum atomic E-state index is 11.9. The first-order valence-electron chi connectivity index (χ1n) is 7.59. The molecule has 2 rings (SSSR count). The molecule has 116 valence electrons. The highest BCUT2D eigenvalue weighted by atomic mass is 16.6. The molecule has 1 amide bonds. The summed E-state index contributed by atoms with van der Waals surface area (Å²) in [7, 11) is 0. The number of hydrogen-bond acceptors (Lipinski definition) is 3. The lowest BCUT2D eigenvalue weighted by Crippen LogP contribution is -2.42. The first-order valence-corrected chi connectivity index (χ1v) is 7.59. The molecule has 1 fully saturated rings. The normalized spacial score (nSPS) is 23.0. The van der Waals surface area contributed by atoms with Crippen molar-refractivity contribution >= 4 is 6.09 Å². The second-order valence-corrected chi connectivity index (χ2v) is 6.91. The van der Waals surface area contributed by atoms with E-state index in [1.54, 1.807) is 0 Å². The highest BCUT2D eigenvalue weighted by Gasteiger charge is 2.31. The van der Waals surface area contributed by atoms with Crippen molar-refractivity contribution in [2.45, 2.75) is 45.9 Å². The number of rotatable bonds is 3. The van der Waals surface area contributed by atoms with Crippen LogP contribution in [0.4, 0.5) is 4.79 Å². The molecule has 2 atom stereocenters. The minimum Gasteiger partial charge on any atom is -0.444 e. The van der Waals surface area contributed by atoms with Crippen LogP contribution in [0, 0.1) is 5.92 Å². The van der Waals surface area contributed by atoms with Crippen molar-refractivity contribution in [2.24, 2.45) is 5.92 Å². The van der Waals surface area contributed by atoms with Crippen molar-refractivity contribution in [3.8, 4) is 0 Å². The maximum Gasteiger partial charge on any atom is 0.407 e. The first kappa shape index (κ1) is 15.8. The van der Waals surface area contributed by atoms with E-state index >= 15 is 0 Å². The van der Waals surface area contributed by atoms with Crippen molar-refractivity contribution in [3.63, 3.8) is 0 Å². The number of ether oxygens (including phenoxy) is 1. The Balaban J connectivity index is 1.85. The lowest BCUT2D eigenvalue weighted by molar-refractivity contribution is 0.0497. The Morgan fingerprint density at radius 1 is 1.29 bits per heavy atom. The van der Waals surface area contributed by atoms with E-state index in [0.29, 0.717) is 5.92 Å². The lowest BCUT2D eigenvalue weighted by Gasteiger charge is -2.23. The maximum absolute atomic E-state index is 11.9. The fourth-order valence-electron chi connectivity index (χ4n) is 2.68. The van der Waals surface area contributed by atoms with Crippen molar-refractivity contribution in [2.75, 3.05) is 13.1 Å². The summed E-state index contributed by atoms with van der Waals surface area (Å²) in [5, 5.41) is 3.00. The van der Waals surface area contributed by atoms with Gasteiger partial charge in [-0.2, -0.15) is 0 Å². The van der Waals surface area contributed by atoms with Gasteiger partial charge in [0.2, 0.25) is 0 Å². The Bertz CT molecular complexity index is 467. The average molecular weight is 290 g/mol. The smallest absolute Gasteiger partial charge is 0.407 e. The first-order chi connectivity index (χ1) is 9.83. The van der Waals surface area contributed by atoms with E-state index in [2.05, 4.69) is 41.4 Å². The van der Waals surface area contributed by atoms with Crippen molar-refractivity contribution < 1.29 is 9.53 Å². The summed E-state index contributed by atoms with van der Waals surface area (Å²) >= 11 is 0. The minimum atomic E-state index is -0.449. The number of nitrogens with one attached hydrogen (secondary N) is 1. The third kappa shape index (κ3) is 5.05. The molecule has 21 heavy (non-hydrogen) atoms. The van der Waals surface area contributed by atoms with Crippen molar-refractivity contribution in [3.05, 3.63) is 35.9 Å². The molecule has 0 aliphatic carbocycles. The second kappa shape index (κ2) is 6.48. The average Bonchev–Trinajstić information content (AvgIpc) is 2.68. The van der Waals surface area contributed by atoms with E-state index in [1.807, 2.05) is 26.8 Å². The van der Waals surface area contributed by atoms with Crippen LogP contribution in [0.1, 0.15) is 33.3 Å². The molecule has 1 aromatic rings. The number of benzene rings is 1. The highest BCUT2D eigenvalue weighted by Crippen LogP contribution is 2.19. The minimum absolute atomic E-state index is 0.156. The van der Waals surface area contributed by atoms with Crippen molar-refractivity contribution in [1.82, 2.24) is 10.2 Å². The van der Waals surface area contributed by atoms with Crippen LogP contribution in [0.25, 0.3) is 0 Å². The number of amides is 1. The zero-order valence-corrected chi connectivity index (χ0v) is 13.4. The van der Waals surface area contributed by atoms with Gasteiger partial charge in [-0.1, -0.05) is 37.3 Å². The standard InChI is InChI=1S/C17H26N2O2/c1-13-10-19(11-14-8-6-5-7-9-14)12-15(13)18-16(20)21-17(2,3)4/h5-9,13,15H,10-12H2,1-4H3,(H,18,20)/t13-,15+/m0/s1. The third-order valence-electron chi connectivity index (χ3n) is 3.64. The fraction of sp³-hybridized carbons (Fsp3) is 0.588. The molecular formula is C17H26N2O2. The van der Waals surface area contributed by atoms with Gasteiger partial charge in [0, 0.05) is 25.7 Å². The van der Waals surface area contributed by atoms with Gasteiger partial charge < -0.3 is 10.1 Å². The van der Waals surface area contributed by atoms with E-state index < -0.39 is 5.60 Å². The van der Waals surface area contributed by atoms with E-state index in [-0.39, 0.29) is 12.1 Å². The zero-order chi connectivity index (χ0) is 15.5. The number of carbonyl (C=O) groups excluding carboxylic acids is 1. The molecule has 1 aromatic carbocycles. The summed E-state index contributed by atoms with van der Waals surface area (Å²) in [5.41, 5.74) is 0.859. The fourth-order valence-corrected chi connectivity index (χ4v) is 2.68. The summed E-state index contributed by atoms with van der Waals surface area (Å²) in [5.74, 6) is 0.432. The number of likely N-dealkylation sites (tertiary alicyclic amines) is 1. The zero-order valence-electron chi connectivity index (χ0n) is 13.4. The van der Waals surface area contributed by atoms with Gasteiger partial charge in [-0.3, -0.25) is 4.90 Å². The van der Waals surface area contributed by atoms with Gasteiger partial charge in [0.25, 0.3) is 0 Å². The van der Waals surface area contributed by atoms with Gasteiger partial charge in [-0.15, -0.1) is 0 Å². The molecule has 0 bridgehead atoms. The van der Waals surface area contributed by atoms with Crippen LogP contribution in [0.2, 0.25) is 0 Å². The largest absolute Gasteiger partial charge is 0.444 e. The van der Waals surface area contributed by atoms with Gasteiger partial charge in [-0.05, 0) is 32.3 Å². The van der Waals surface area contributed by atoms with Crippen LogP contribution in [0.5, 0.6) is 0 Å². The number of hydrogen-bond donors (Lipinski definition) is 1. The summed E-state index contributed by atoms with van der Waals surface area (Å²) in [6.07, 6.45) is -0.319. The van der Waals surface area contributed by atoms with E-state index in [9.17, 15) is 4.79 Å². The van der Waals surface area contributed by atoms with Gasteiger partial charge >= 0.3 is 6.09 Å². The Labute approximate surface area is 127 Å². The Morgan fingerprint density at radius 2 is 1.95 bits per heavy atom. The van der Waals surface area contributed by atoms with Crippen LogP contribution in [0.3, 0.4) is 0 Å². The van der Waals surface area contributed by atoms with Gasteiger partial charge in [0.05, 0.1) is 0 Å². The molecule has 0 saturated carbocycles. The van der Waals surface area contributed by atoms with Crippen LogP contribution in [-0.4, -0.2) is 35.7 Å². The molecule has 1 heterocycles. The Hall–Kier alpha value is -1.55. The molecule has 4 nitrogen and oxygen atoms in total. The van der Waals surface area contributed by atoms with E-state index in [4.69, 9.17) is 4.74 Å². The predicted molar refractivity (Wildman–Crippen MR) is 84.0 cm³/mol. The Kier molecular flexibility index (Phi) is 4.88. The van der Waals surface area contributed by atoms with Crippen molar-refractivity contribution in [1.29, 1.82) is 0 Å². The van der Waals surface area contributed by atoms with Crippen LogP contribution < -0.4 is 5.32 Å². The molecule has 0 radical (unpaired) electrons. The summed E-state index contributed by atoms with van der Waals surface area (Å²) in [6.45, 7) is 10.6. The number of alkyl carbamates (subject to hydrolysis) is 1. The van der Waals surface area contributed by atoms with Crippen LogP contribution >= 0.6 is 0 Å². The molecule has 0 aromatic heterocycles. The summed E-state index contributed by atoms with van der Waals surface area (Å²) in [4.78, 5) is 14.3. The molecule has 1 N–H and O–H groups in total. The quantitative estimate of drug-likeness (QED) is 0.930.